The molecule has 0 aromatic heterocycles. The summed E-state index contributed by atoms with van der Waals surface area (Å²) in [4.78, 5) is 47.2. The van der Waals surface area contributed by atoms with Crippen LogP contribution in [0.3, 0.4) is 0 Å². The summed E-state index contributed by atoms with van der Waals surface area (Å²) in [5.74, 6) is -2.54. The van der Waals surface area contributed by atoms with Crippen LogP contribution in [0, 0.1) is 0 Å². The molecule has 8 nitrogen and oxygen atoms in total. The number of anilines is 1. The standard InChI is InChI=1S/C22H22N2O6/c1-2-29-20(26)12-13-21(27)30-15-19(25)24-18-11-7-6-10-17(18)22(28)23-14-16-8-4-3-5-9-16/h3-13H,2,14-15H2,1H3,(H,23,28)(H,24,25)/b13-12+. The van der Waals surface area contributed by atoms with Crippen LogP contribution in [0.5, 0.6) is 0 Å². The predicted octanol–water partition coefficient (Wildman–Crippen LogP) is 2.22. The molecule has 0 radical (unpaired) electrons. The molecule has 30 heavy (non-hydrogen) atoms. The first-order chi connectivity index (χ1) is 14.5. The van der Waals surface area contributed by atoms with Gasteiger partial charge in [-0.1, -0.05) is 42.5 Å². The van der Waals surface area contributed by atoms with Gasteiger partial charge >= 0.3 is 11.9 Å². The van der Waals surface area contributed by atoms with Crippen molar-refractivity contribution < 1.29 is 28.7 Å². The van der Waals surface area contributed by atoms with E-state index in [2.05, 4.69) is 15.4 Å². The summed E-state index contributed by atoms with van der Waals surface area (Å²) >= 11 is 0. The molecule has 0 heterocycles. The molecule has 8 heteroatoms. The maximum Gasteiger partial charge on any atom is 0.331 e. The lowest BCUT2D eigenvalue weighted by Crippen LogP contribution is -2.26. The maximum atomic E-state index is 12.5. The number of carbonyl (C=O) groups excluding carboxylic acids is 4. The number of hydrogen-bond donors (Lipinski definition) is 2. The highest BCUT2D eigenvalue weighted by Gasteiger charge is 2.14. The van der Waals surface area contributed by atoms with Gasteiger partial charge in [0.2, 0.25) is 0 Å². The molecule has 156 valence electrons. The van der Waals surface area contributed by atoms with E-state index < -0.39 is 24.5 Å². The van der Waals surface area contributed by atoms with E-state index in [9.17, 15) is 19.2 Å². The van der Waals surface area contributed by atoms with Crippen LogP contribution in [-0.2, 0) is 30.4 Å². The fraction of sp³-hybridized carbons (Fsp3) is 0.182. The number of ether oxygens (including phenoxy) is 2. The first kappa shape index (κ1) is 22.4. The Kier molecular flexibility index (Phi) is 8.79. The molecule has 2 rings (SSSR count). The average molecular weight is 410 g/mol. The van der Waals surface area contributed by atoms with Crippen LogP contribution in [0.25, 0.3) is 0 Å². The molecule has 0 saturated carbocycles. The van der Waals surface area contributed by atoms with Gasteiger partial charge < -0.3 is 20.1 Å². The molecule has 2 aromatic carbocycles. The second-order valence-corrected chi connectivity index (χ2v) is 5.96. The van der Waals surface area contributed by atoms with Gasteiger partial charge in [-0.25, -0.2) is 9.59 Å². The Hall–Kier alpha value is -3.94. The van der Waals surface area contributed by atoms with Crippen molar-refractivity contribution in [2.75, 3.05) is 18.5 Å². The van der Waals surface area contributed by atoms with Crippen LogP contribution in [-0.4, -0.2) is 37.0 Å². The monoisotopic (exact) mass is 410 g/mol. The summed E-state index contributed by atoms with van der Waals surface area (Å²) < 4.78 is 9.39. The quantitative estimate of drug-likeness (QED) is 0.484. The van der Waals surface area contributed by atoms with Gasteiger partial charge in [-0.3, -0.25) is 9.59 Å². The molecule has 0 aliphatic carbocycles. The molecule has 0 spiro atoms. The maximum absolute atomic E-state index is 12.5. The van der Waals surface area contributed by atoms with E-state index in [1.165, 1.54) is 0 Å². The van der Waals surface area contributed by atoms with Crippen LogP contribution < -0.4 is 10.6 Å². The summed E-state index contributed by atoms with van der Waals surface area (Å²) in [5.41, 5.74) is 1.50. The van der Waals surface area contributed by atoms with Gasteiger partial charge in [0.1, 0.15) is 0 Å². The molecule has 2 aromatic rings. The average Bonchev–Trinajstić information content (AvgIpc) is 2.76. The molecule has 0 fully saturated rings. The Balaban J connectivity index is 1.89. The molecule has 0 unspecified atom stereocenters. The highest BCUT2D eigenvalue weighted by Crippen LogP contribution is 2.15. The minimum absolute atomic E-state index is 0.180. The summed E-state index contributed by atoms with van der Waals surface area (Å²) in [6, 6.07) is 15.9. The summed E-state index contributed by atoms with van der Waals surface area (Å²) in [6.45, 7) is 1.57. The Labute approximate surface area is 173 Å². The van der Waals surface area contributed by atoms with Crippen molar-refractivity contribution in [3.8, 4) is 0 Å². The van der Waals surface area contributed by atoms with E-state index in [4.69, 9.17) is 4.74 Å². The lowest BCUT2D eigenvalue weighted by molar-refractivity contribution is -0.143. The SMILES string of the molecule is CCOC(=O)/C=C/C(=O)OCC(=O)Nc1ccccc1C(=O)NCc1ccccc1. The van der Waals surface area contributed by atoms with E-state index >= 15 is 0 Å². The van der Waals surface area contributed by atoms with Gasteiger partial charge in [0.25, 0.3) is 11.8 Å². The molecular weight excluding hydrogens is 388 g/mol. The van der Waals surface area contributed by atoms with E-state index in [1.54, 1.807) is 31.2 Å². The van der Waals surface area contributed by atoms with E-state index in [-0.39, 0.29) is 23.8 Å². The number of para-hydroxylation sites is 1. The Bertz CT molecular complexity index is 924. The lowest BCUT2D eigenvalue weighted by atomic mass is 10.1. The highest BCUT2D eigenvalue weighted by atomic mass is 16.5. The minimum Gasteiger partial charge on any atom is -0.463 e. The second-order valence-electron chi connectivity index (χ2n) is 5.96. The van der Waals surface area contributed by atoms with Gasteiger partial charge in [-0.2, -0.15) is 0 Å². The number of carbonyl (C=O) groups is 4. The van der Waals surface area contributed by atoms with E-state index in [0.29, 0.717) is 6.54 Å². The number of hydrogen-bond acceptors (Lipinski definition) is 6. The van der Waals surface area contributed by atoms with Gasteiger partial charge in [0.15, 0.2) is 6.61 Å². The van der Waals surface area contributed by atoms with Crippen LogP contribution in [0.2, 0.25) is 0 Å². The van der Waals surface area contributed by atoms with Crippen LogP contribution >= 0.6 is 0 Å². The third-order valence-corrected chi connectivity index (χ3v) is 3.73. The van der Waals surface area contributed by atoms with Crippen molar-refractivity contribution in [3.63, 3.8) is 0 Å². The number of amides is 2. The van der Waals surface area contributed by atoms with Gasteiger partial charge in [-0.05, 0) is 24.6 Å². The van der Waals surface area contributed by atoms with E-state index in [0.717, 1.165) is 17.7 Å². The topological polar surface area (TPSA) is 111 Å². The number of esters is 2. The van der Waals surface area contributed by atoms with Crippen molar-refractivity contribution in [3.05, 3.63) is 77.9 Å². The fourth-order valence-electron chi connectivity index (χ4n) is 2.36. The smallest absolute Gasteiger partial charge is 0.331 e. The number of benzene rings is 2. The number of nitrogens with one attached hydrogen (secondary N) is 2. The molecule has 0 bridgehead atoms. The zero-order valence-corrected chi connectivity index (χ0v) is 16.4. The fourth-order valence-corrected chi connectivity index (χ4v) is 2.36. The Morgan fingerprint density at radius 1 is 0.867 bits per heavy atom. The Morgan fingerprint density at radius 3 is 2.20 bits per heavy atom. The van der Waals surface area contributed by atoms with Gasteiger partial charge in [0.05, 0.1) is 17.9 Å². The third kappa shape index (κ3) is 7.59. The largest absolute Gasteiger partial charge is 0.463 e. The summed E-state index contributed by atoms with van der Waals surface area (Å²) in [6.07, 6.45) is 1.78. The van der Waals surface area contributed by atoms with Gasteiger partial charge in [0, 0.05) is 18.7 Å². The summed E-state index contributed by atoms with van der Waals surface area (Å²) in [5, 5.41) is 5.33. The van der Waals surface area contributed by atoms with E-state index in [1.807, 2.05) is 30.3 Å². The molecule has 2 N–H and O–H groups in total. The predicted molar refractivity (Wildman–Crippen MR) is 109 cm³/mol. The highest BCUT2D eigenvalue weighted by molar-refractivity contribution is 6.04. The molecule has 2 amide bonds. The zero-order valence-electron chi connectivity index (χ0n) is 16.4. The third-order valence-electron chi connectivity index (χ3n) is 3.73. The van der Waals surface area contributed by atoms with Crippen molar-refractivity contribution in [2.45, 2.75) is 13.5 Å². The van der Waals surface area contributed by atoms with Crippen molar-refractivity contribution in [2.24, 2.45) is 0 Å². The number of rotatable bonds is 9. The Morgan fingerprint density at radius 2 is 1.50 bits per heavy atom. The van der Waals surface area contributed by atoms with Crippen LogP contribution in [0.1, 0.15) is 22.8 Å². The normalized spacial score (nSPS) is 10.3. The van der Waals surface area contributed by atoms with Gasteiger partial charge in [-0.15, -0.1) is 0 Å². The molecule has 0 saturated heterocycles. The molecule has 0 atom stereocenters. The first-order valence-electron chi connectivity index (χ1n) is 9.22. The summed E-state index contributed by atoms with van der Waals surface area (Å²) in [7, 11) is 0. The zero-order chi connectivity index (χ0) is 21.8. The first-order valence-corrected chi connectivity index (χ1v) is 9.22. The van der Waals surface area contributed by atoms with Crippen LogP contribution in [0.15, 0.2) is 66.7 Å². The van der Waals surface area contributed by atoms with Crippen LogP contribution in [0.4, 0.5) is 5.69 Å². The van der Waals surface area contributed by atoms with Crippen molar-refractivity contribution in [1.29, 1.82) is 0 Å². The van der Waals surface area contributed by atoms with Crippen molar-refractivity contribution in [1.82, 2.24) is 5.32 Å². The van der Waals surface area contributed by atoms with Crippen molar-refractivity contribution >= 4 is 29.4 Å². The molecular formula is C22H22N2O6. The lowest BCUT2D eigenvalue weighted by Gasteiger charge is -2.11. The minimum atomic E-state index is -0.868. The second kappa shape index (κ2) is 11.8. The molecule has 0 aliphatic heterocycles. The molecule has 0 aliphatic rings.